The third kappa shape index (κ3) is 4.32. The highest BCUT2D eigenvalue weighted by Crippen LogP contribution is 2.37. The van der Waals surface area contributed by atoms with Crippen LogP contribution in [0.5, 0.6) is 0 Å². The SMILES string of the molecule is CC(=O)c1nn(-c2ccc(C(=O)NC3CCC(O)CC3)cc2)c2c1C(=O)CC(C)(C)C2. The molecular weight excluding hydrogens is 394 g/mol. The minimum atomic E-state index is -0.260. The fraction of sp³-hybridized carbons (Fsp3) is 0.500. The smallest absolute Gasteiger partial charge is 0.251 e. The first kappa shape index (κ1) is 21.4. The lowest BCUT2D eigenvalue weighted by Crippen LogP contribution is -2.38. The highest BCUT2D eigenvalue weighted by Gasteiger charge is 2.37. The van der Waals surface area contributed by atoms with Crippen LogP contribution in [0.15, 0.2) is 24.3 Å². The van der Waals surface area contributed by atoms with E-state index in [9.17, 15) is 19.5 Å². The standard InChI is InChI=1S/C24H29N3O4/c1-14(28)22-21-19(12-24(2,3)13-20(21)30)27(26-22)17-8-4-15(5-9-17)23(31)25-16-6-10-18(29)11-7-16/h4-5,8-9,16,18,29H,6-7,10-13H2,1-3H3,(H,25,31). The highest BCUT2D eigenvalue weighted by molar-refractivity contribution is 6.08. The second-order valence-corrected chi connectivity index (χ2v) is 9.61. The number of amides is 1. The molecule has 2 aliphatic carbocycles. The summed E-state index contributed by atoms with van der Waals surface area (Å²) in [5, 5.41) is 17.1. The number of fused-ring (bicyclic) bond motifs is 1. The normalized spacial score (nSPS) is 22.6. The fourth-order valence-electron chi connectivity index (χ4n) is 4.65. The minimum absolute atomic E-state index is 0.0451. The number of ketones is 2. The van der Waals surface area contributed by atoms with Gasteiger partial charge in [0, 0.05) is 24.9 Å². The van der Waals surface area contributed by atoms with Crippen molar-refractivity contribution in [1.82, 2.24) is 15.1 Å². The van der Waals surface area contributed by atoms with E-state index >= 15 is 0 Å². The summed E-state index contributed by atoms with van der Waals surface area (Å²) in [7, 11) is 0. The zero-order valence-electron chi connectivity index (χ0n) is 18.3. The molecule has 31 heavy (non-hydrogen) atoms. The molecule has 2 aliphatic rings. The van der Waals surface area contributed by atoms with E-state index in [2.05, 4.69) is 10.4 Å². The van der Waals surface area contributed by atoms with Crippen molar-refractivity contribution in [3.05, 3.63) is 46.8 Å². The van der Waals surface area contributed by atoms with Gasteiger partial charge < -0.3 is 10.4 Å². The molecule has 1 fully saturated rings. The first-order chi connectivity index (χ1) is 14.6. The zero-order valence-corrected chi connectivity index (χ0v) is 18.3. The van der Waals surface area contributed by atoms with Crippen molar-refractivity contribution in [3.8, 4) is 5.69 Å². The van der Waals surface area contributed by atoms with E-state index in [0.29, 0.717) is 42.5 Å². The molecule has 0 saturated heterocycles. The summed E-state index contributed by atoms with van der Waals surface area (Å²) in [5.41, 5.74) is 2.46. The Hall–Kier alpha value is -2.80. The third-order valence-corrected chi connectivity index (χ3v) is 6.28. The molecule has 7 nitrogen and oxygen atoms in total. The van der Waals surface area contributed by atoms with E-state index in [1.54, 1.807) is 28.9 Å². The van der Waals surface area contributed by atoms with Gasteiger partial charge in [-0.05, 0) is 61.8 Å². The quantitative estimate of drug-likeness (QED) is 0.735. The van der Waals surface area contributed by atoms with Crippen molar-refractivity contribution < 1.29 is 19.5 Å². The number of carbonyl (C=O) groups excluding carboxylic acids is 3. The van der Waals surface area contributed by atoms with Crippen molar-refractivity contribution in [2.45, 2.75) is 71.4 Å². The van der Waals surface area contributed by atoms with E-state index in [-0.39, 0.29) is 40.7 Å². The van der Waals surface area contributed by atoms with Crippen LogP contribution in [0.4, 0.5) is 0 Å². The maximum atomic E-state index is 12.7. The molecule has 4 rings (SSSR count). The van der Waals surface area contributed by atoms with Gasteiger partial charge >= 0.3 is 0 Å². The lowest BCUT2D eigenvalue weighted by Gasteiger charge is -2.29. The number of nitrogens with zero attached hydrogens (tertiary/aromatic N) is 2. The summed E-state index contributed by atoms with van der Waals surface area (Å²) >= 11 is 0. The van der Waals surface area contributed by atoms with Crippen LogP contribution in [-0.2, 0) is 6.42 Å². The molecule has 1 amide bonds. The Morgan fingerprint density at radius 3 is 2.35 bits per heavy atom. The van der Waals surface area contributed by atoms with Crippen LogP contribution in [0.3, 0.4) is 0 Å². The number of nitrogens with one attached hydrogen (secondary N) is 1. The van der Waals surface area contributed by atoms with Crippen molar-refractivity contribution >= 4 is 17.5 Å². The predicted octanol–water partition coefficient (Wildman–Crippen LogP) is 3.26. The summed E-state index contributed by atoms with van der Waals surface area (Å²) in [6.07, 6.45) is 3.76. The molecule has 1 saturated carbocycles. The van der Waals surface area contributed by atoms with Gasteiger partial charge in [-0.15, -0.1) is 0 Å². The average molecular weight is 424 g/mol. The molecule has 2 N–H and O–H groups in total. The molecule has 0 spiro atoms. The van der Waals surface area contributed by atoms with Gasteiger partial charge in [-0.3, -0.25) is 14.4 Å². The minimum Gasteiger partial charge on any atom is -0.393 e. The number of hydrogen-bond donors (Lipinski definition) is 2. The van der Waals surface area contributed by atoms with Crippen LogP contribution >= 0.6 is 0 Å². The van der Waals surface area contributed by atoms with E-state index in [0.717, 1.165) is 18.5 Å². The van der Waals surface area contributed by atoms with Crippen LogP contribution in [0, 0.1) is 5.41 Å². The predicted molar refractivity (Wildman–Crippen MR) is 116 cm³/mol. The molecule has 0 unspecified atom stereocenters. The van der Waals surface area contributed by atoms with Gasteiger partial charge in [0.2, 0.25) is 0 Å². The molecule has 7 heteroatoms. The summed E-state index contributed by atoms with van der Waals surface area (Å²) in [5.74, 6) is -0.413. The third-order valence-electron chi connectivity index (χ3n) is 6.28. The molecule has 0 bridgehead atoms. The number of Topliss-reactive ketones (excluding diaryl/α,β-unsaturated/α-hetero) is 2. The van der Waals surface area contributed by atoms with Gasteiger partial charge in [-0.25, -0.2) is 4.68 Å². The Balaban J connectivity index is 1.59. The largest absolute Gasteiger partial charge is 0.393 e. The second-order valence-electron chi connectivity index (χ2n) is 9.61. The van der Waals surface area contributed by atoms with Crippen molar-refractivity contribution in [1.29, 1.82) is 0 Å². The summed E-state index contributed by atoms with van der Waals surface area (Å²) in [6, 6.07) is 7.14. The molecule has 1 aromatic heterocycles. The van der Waals surface area contributed by atoms with Gasteiger partial charge in [0.25, 0.3) is 5.91 Å². The Kier molecular flexibility index (Phi) is 5.56. The zero-order chi connectivity index (χ0) is 22.3. The molecule has 164 valence electrons. The van der Waals surface area contributed by atoms with Crippen LogP contribution in [0.1, 0.15) is 89.8 Å². The van der Waals surface area contributed by atoms with Gasteiger partial charge in [0.15, 0.2) is 11.6 Å². The molecule has 0 atom stereocenters. The number of aromatic nitrogens is 2. The van der Waals surface area contributed by atoms with Crippen molar-refractivity contribution in [2.24, 2.45) is 5.41 Å². The van der Waals surface area contributed by atoms with E-state index in [1.165, 1.54) is 6.92 Å². The Morgan fingerprint density at radius 1 is 1.10 bits per heavy atom. The fourth-order valence-corrected chi connectivity index (χ4v) is 4.65. The number of aliphatic hydroxyl groups excluding tert-OH is 1. The Morgan fingerprint density at radius 2 is 1.74 bits per heavy atom. The van der Waals surface area contributed by atoms with Crippen molar-refractivity contribution in [3.63, 3.8) is 0 Å². The molecule has 0 aliphatic heterocycles. The lowest BCUT2D eigenvalue weighted by molar-refractivity contribution is 0.0867. The number of benzene rings is 1. The first-order valence-corrected chi connectivity index (χ1v) is 10.9. The van der Waals surface area contributed by atoms with Gasteiger partial charge in [-0.2, -0.15) is 5.10 Å². The van der Waals surface area contributed by atoms with Crippen molar-refractivity contribution in [2.75, 3.05) is 0 Å². The number of hydrogen-bond acceptors (Lipinski definition) is 5. The van der Waals surface area contributed by atoms with Gasteiger partial charge in [0.1, 0.15) is 5.69 Å². The van der Waals surface area contributed by atoms with E-state index in [4.69, 9.17) is 0 Å². The van der Waals surface area contributed by atoms with Gasteiger partial charge in [0.05, 0.1) is 23.0 Å². The maximum absolute atomic E-state index is 12.7. The molecular formula is C24H29N3O4. The summed E-state index contributed by atoms with van der Waals surface area (Å²) < 4.78 is 1.68. The van der Waals surface area contributed by atoms with Gasteiger partial charge in [-0.1, -0.05) is 13.8 Å². The Bertz CT molecular complexity index is 1030. The summed E-state index contributed by atoms with van der Waals surface area (Å²) in [6.45, 7) is 5.50. The lowest BCUT2D eigenvalue weighted by atomic mass is 9.75. The van der Waals surface area contributed by atoms with Crippen LogP contribution in [-0.4, -0.2) is 44.5 Å². The Labute approximate surface area is 181 Å². The number of carbonyl (C=O) groups is 3. The topological polar surface area (TPSA) is 101 Å². The van der Waals surface area contributed by atoms with Crippen LogP contribution < -0.4 is 5.32 Å². The number of rotatable bonds is 4. The monoisotopic (exact) mass is 423 g/mol. The molecule has 1 aromatic carbocycles. The molecule has 2 aromatic rings. The highest BCUT2D eigenvalue weighted by atomic mass is 16.3. The van der Waals surface area contributed by atoms with E-state index in [1.807, 2.05) is 13.8 Å². The van der Waals surface area contributed by atoms with Crippen LogP contribution in [0.2, 0.25) is 0 Å². The van der Waals surface area contributed by atoms with Crippen LogP contribution in [0.25, 0.3) is 5.69 Å². The number of aliphatic hydroxyl groups is 1. The second kappa shape index (κ2) is 8.04. The molecule has 1 heterocycles. The maximum Gasteiger partial charge on any atom is 0.251 e. The first-order valence-electron chi connectivity index (χ1n) is 10.9. The molecule has 0 radical (unpaired) electrons. The van der Waals surface area contributed by atoms with E-state index < -0.39 is 0 Å². The summed E-state index contributed by atoms with van der Waals surface area (Å²) in [4.78, 5) is 37.5. The average Bonchev–Trinajstić information content (AvgIpc) is 3.08.